The second-order valence-corrected chi connectivity index (χ2v) is 9.78. The first-order valence-corrected chi connectivity index (χ1v) is 11.2. The van der Waals surface area contributed by atoms with Crippen molar-refractivity contribution >= 4 is 21.9 Å². The first kappa shape index (κ1) is 24.2. The van der Waals surface area contributed by atoms with Crippen molar-refractivity contribution in [1.82, 2.24) is 5.32 Å². The molecule has 0 aromatic heterocycles. The fourth-order valence-corrected chi connectivity index (χ4v) is 3.95. The summed E-state index contributed by atoms with van der Waals surface area (Å²) in [7, 11) is -2.46. The highest BCUT2D eigenvalue weighted by Gasteiger charge is 2.31. The van der Waals surface area contributed by atoms with E-state index in [1.165, 1.54) is 31.4 Å². The SMILES string of the molecule is COc1ccc(S(=O)(=O)CC(NC(=O)OC(C)(C)C)C(=O)OCc2ccccc2)cc1. The van der Waals surface area contributed by atoms with Crippen LogP contribution in [0, 0.1) is 0 Å². The summed E-state index contributed by atoms with van der Waals surface area (Å²) in [6.45, 7) is 4.91. The molecule has 0 radical (unpaired) electrons. The van der Waals surface area contributed by atoms with Crippen molar-refractivity contribution in [2.45, 2.75) is 43.9 Å². The van der Waals surface area contributed by atoms with Gasteiger partial charge in [-0.3, -0.25) is 0 Å². The highest BCUT2D eigenvalue weighted by atomic mass is 32.2. The molecule has 0 bridgehead atoms. The van der Waals surface area contributed by atoms with Gasteiger partial charge in [0.15, 0.2) is 9.84 Å². The molecule has 0 heterocycles. The Morgan fingerprint density at radius 3 is 2.16 bits per heavy atom. The van der Waals surface area contributed by atoms with Gasteiger partial charge in [-0.05, 0) is 50.6 Å². The molecule has 31 heavy (non-hydrogen) atoms. The Kier molecular flexibility index (Phi) is 8.04. The molecule has 1 atom stereocenters. The van der Waals surface area contributed by atoms with Gasteiger partial charge in [-0.1, -0.05) is 30.3 Å². The fraction of sp³-hybridized carbons (Fsp3) is 0.364. The molecular weight excluding hydrogens is 422 g/mol. The summed E-state index contributed by atoms with van der Waals surface area (Å²) in [5, 5.41) is 2.32. The molecule has 0 spiro atoms. The van der Waals surface area contributed by atoms with Gasteiger partial charge in [0.05, 0.1) is 17.8 Å². The normalized spacial score (nSPS) is 12.5. The van der Waals surface area contributed by atoms with Crippen LogP contribution >= 0.6 is 0 Å². The van der Waals surface area contributed by atoms with Crippen LogP contribution in [-0.2, 0) is 30.7 Å². The maximum atomic E-state index is 12.8. The van der Waals surface area contributed by atoms with Crippen molar-refractivity contribution in [2.75, 3.05) is 12.9 Å². The molecule has 0 fully saturated rings. The number of carbonyl (C=O) groups is 2. The topological polar surface area (TPSA) is 108 Å². The average Bonchev–Trinajstić information content (AvgIpc) is 2.70. The first-order chi connectivity index (χ1) is 14.5. The van der Waals surface area contributed by atoms with Crippen LogP contribution in [0.5, 0.6) is 5.75 Å². The van der Waals surface area contributed by atoms with E-state index in [0.29, 0.717) is 5.75 Å². The Bertz CT molecular complexity index is 981. The number of hydrogen-bond acceptors (Lipinski definition) is 7. The van der Waals surface area contributed by atoms with Crippen LogP contribution < -0.4 is 10.1 Å². The number of benzene rings is 2. The number of carbonyl (C=O) groups excluding carboxylic acids is 2. The number of rotatable bonds is 8. The van der Waals surface area contributed by atoms with Crippen molar-refractivity contribution in [3.63, 3.8) is 0 Å². The van der Waals surface area contributed by atoms with Gasteiger partial charge in [0.2, 0.25) is 0 Å². The molecule has 0 saturated heterocycles. The van der Waals surface area contributed by atoms with Crippen LogP contribution in [0.25, 0.3) is 0 Å². The second kappa shape index (κ2) is 10.3. The zero-order chi connectivity index (χ0) is 23.1. The fourth-order valence-electron chi connectivity index (χ4n) is 2.55. The Hall–Kier alpha value is -3.07. The van der Waals surface area contributed by atoms with Crippen LogP contribution in [-0.4, -0.2) is 45.0 Å². The Labute approximate surface area is 182 Å². The van der Waals surface area contributed by atoms with Crippen LogP contribution in [0.15, 0.2) is 59.5 Å². The van der Waals surface area contributed by atoms with Gasteiger partial charge in [0, 0.05) is 0 Å². The molecule has 168 valence electrons. The highest BCUT2D eigenvalue weighted by Crippen LogP contribution is 2.18. The van der Waals surface area contributed by atoms with Gasteiger partial charge in [0.25, 0.3) is 0 Å². The van der Waals surface area contributed by atoms with E-state index in [9.17, 15) is 18.0 Å². The lowest BCUT2D eigenvalue weighted by molar-refractivity contribution is -0.146. The minimum Gasteiger partial charge on any atom is -0.497 e. The molecule has 1 amide bonds. The lowest BCUT2D eigenvalue weighted by atomic mass is 10.2. The molecule has 2 aromatic rings. The molecule has 2 aromatic carbocycles. The Morgan fingerprint density at radius 2 is 1.61 bits per heavy atom. The molecule has 0 aliphatic carbocycles. The van der Waals surface area contributed by atoms with Crippen molar-refractivity contribution < 1.29 is 32.2 Å². The predicted octanol–water partition coefficient (Wildman–Crippen LogP) is 3.11. The number of methoxy groups -OCH3 is 1. The van der Waals surface area contributed by atoms with Crippen molar-refractivity contribution in [1.29, 1.82) is 0 Å². The third-order valence-electron chi connectivity index (χ3n) is 4.00. The van der Waals surface area contributed by atoms with E-state index >= 15 is 0 Å². The van der Waals surface area contributed by atoms with Crippen LogP contribution in [0.1, 0.15) is 26.3 Å². The summed E-state index contributed by atoms with van der Waals surface area (Å²) >= 11 is 0. The number of sulfone groups is 1. The van der Waals surface area contributed by atoms with Crippen molar-refractivity contribution in [2.24, 2.45) is 0 Å². The summed E-state index contributed by atoms with van der Waals surface area (Å²) in [5.74, 6) is -1.08. The largest absolute Gasteiger partial charge is 0.497 e. The number of nitrogens with one attached hydrogen (secondary N) is 1. The lowest BCUT2D eigenvalue weighted by Gasteiger charge is -2.23. The summed E-state index contributed by atoms with van der Waals surface area (Å²) in [4.78, 5) is 24.8. The zero-order valence-electron chi connectivity index (χ0n) is 18.0. The van der Waals surface area contributed by atoms with Crippen LogP contribution in [0.4, 0.5) is 4.79 Å². The molecule has 0 aliphatic rings. The zero-order valence-corrected chi connectivity index (χ0v) is 18.8. The van der Waals surface area contributed by atoms with E-state index in [0.717, 1.165) is 5.56 Å². The molecule has 8 nitrogen and oxygen atoms in total. The van der Waals surface area contributed by atoms with Gasteiger partial charge in [-0.15, -0.1) is 0 Å². The molecule has 9 heteroatoms. The lowest BCUT2D eigenvalue weighted by Crippen LogP contribution is -2.47. The Balaban J connectivity index is 2.18. The third-order valence-corrected chi connectivity index (χ3v) is 5.77. The predicted molar refractivity (Wildman–Crippen MR) is 114 cm³/mol. The number of esters is 1. The second-order valence-electron chi connectivity index (χ2n) is 7.75. The molecular formula is C22H27NO7S. The minimum absolute atomic E-state index is 0.0138. The molecule has 0 saturated carbocycles. The number of alkyl carbamates (subject to hydrolysis) is 1. The van der Waals surface area contributed by atoms with E-state index in [-0.39, 0.29) is 11.5 Å². The molecule has 2 rings (SSSR count). The summed E-state index contributed by atoms with van der Waals surface area (Å²) < 4.78 is 41.1. The summed E-state index contributed by atoms with van der Waals surface area (Å²) in [5.41, 5.74) is -0.0952. The molecule has 0 aliphatic heterocycles. The minimum atomic E-state index is -3.93. The first-order valence-electron chi connectivity index (χ1n) is 9.57. The van der Waals surface area contributed by atoms with E-state index in [2.05, 4.69) is 5.32 Å². The number of amides is 1. The van der Waals surface area contributed by atoms with Crippen LogP contribution in [0.3, 0.4) is 0 Å². The standard InChI is InChI=1S/C22H27NO7S/c1-22(2,3)30-21(25)23-19(20(24)29-14-16-8-6-5-7-9-16)15-31(26,27)18-12-10-17(28-4)11-13-18/h5-13,19H,14-15H2,1-4H3,(H,23,25). The van der Waals surface area contributed by atoms with Crippen LogP contribution in [0.2, 0.25) is 0 Å². The Morgan fingerprint density at radius 1 is 1.00 bits per heavy atom. The number of ether oxygens (including phenoxy) is 3. The summed E-state index contributed by atoms with van der Waals surface area (Å²) in [6.07, 6.45) is -0.918. The molecule has 1 N–H and O–H groups in total. The van der Waals surface area contributed by atoms with Crippen molar-refractivity contribution in [3.05, 3.63) is 60.2 Å². The van der Waals surface area contributed by atoms with Crippen molar-refractivity contribution in [3.8, 4) is 5.75 Å². The maximum Gasteiger partial charge on any atom is 0.408 e. The average molecular weight is 450 g/mol. The van der Waals surface area contributed by atoms with E-state index in [4.69, 9.17) is 14.2 Å². The third kappa shape index (κ3) is 7.93. The summed E-state index contributed by atoms with van der Waals surface area (Å²) in [6, 6.07) is 13.2. The molecule has 1 unspecified atom stereocenters. The van der Waals surface area contributed by atoms with Gasteiger partial charge in [-0.25, -0.2) is 18.0 Å². The van der Waals surface area contributed by atoms with E-state index in [1.807, 2.05) is 6.07 Å². The monoisotopic (exact) mass is 449 g/mol. The van der Waals surface area contributed by atoms with Gasteiger partial charge in [0.1, 0.15) is 24.0 Å². The van der Waals surface area contributed by atoms with E-state index < -0.39 is 39.3 Å². The maximum absolute atomic E-state index is 12.8. The smallest absolute Gasteiger partial charge is 0.408 e. The highest BCUT2D eigenvalue weighted by molar-refractivity contribution is 7.91. The quantitative estimate of drug-likeness (QED) is 0.617. The van der Waals surface area contributed by atoms with Gasteiger partial charge < -0.3 is 19.5 Å². The van der Waals surface area contributed by atoms with E-state index in [1.54, 1.807) is 45.0 Å². The van der Waals surface area contributed by atoms with Gasteiger partial charge >= 0.3 is 12.1 Å². The number of hydrogen-bond donors (Lipinski definition) is 1. The van der Waals surface area contributed by atoms with Gasteiger partial charge in [-0.2, -0.15) is 0 Å².